The summed E-state index contributed by atoms with van der Waals surface area (Å²) in [6, 6.07) is 10.3. The number of nitrogens with zero attached hydrogens (tertiary/aromatic N) is 2. The fourth-order valence-electron chi connectivity index (χ4n) is 3.77. The molecule has 4 rings (SSSR count). The van der Waals surface area contributed by atoms with Gasteiger partial charge < -0.3 is 4.74 Å². The van der Waals surface area contributed by atoms with Gasteiger partial charge in [0.1, 0.15) is 11.6 Å². The Balaban J connectivity index is 1.80. The third-order valence-corrected chi connectivity index (χ3v) is 6.14. The molecule has 2 aromatic carbocycles. The van der Waals surface area contributed by atoms with Crippen LogP contribution in [0.25, 0.3) is 0 Å². The third-order valence-electron chi connectivity index (χ3n) is 5.56. The molecule has 1 aromatic heterocycles. The van der Waals surface area contributed by atoms with E-state index in [2.05, 4.69) is 9.98 Å². The smallest absolute Gasteiger partial charge is 0.417 e. The number of fused-ring (bicyclic) bond motifs is 1. The monoisotopic (exact) mass is 511 g/mol. The molecule has 1 unspecified atom stereocenters. The zero-order valence-electron chi connectivity index (χ0n) is 17.7. The van der Waals surface area contributed by atoms with E-state index in [1.165, 1.54) is 17.7 Å². The predicted molar refractivity (Wildman–Crippen MR) is 123 cm³/mol. The summed E-state index contributed by atoms with van der Waals surface area (Å²) < 4.78 is 47.1. The van der Waals surface area contributed by atoms with Crippen molar-refractivity contribution in [3.8, 4) is 5.75 Å². The van der Waals surface area contributed by atoms with E-state index < -0.39 is 33.9 Å². The minimum absolute atomic E-state index is 0.0877. The second kappa shape index (κ2) is 9.31. The first-order valence-corrected chi connectivity index (χ1v) is 11.0. The van der Waals surface area contributed by atoms with Gasteiger partial charge in [0.15, 0.2) is 5.90 Å². The Morgan fingerprint density at radius 2 is 1.85 bits per heavy atom. The van der Waals surface area contributed by atoms with Crippen molar-refractivity contribution < 1.29 is 17.9 Å². The van der Waals surface area contributed by atoms with E-state index in [1.807, 2.05) is 12.1 Å². The van der Waals surface area contributed by atoms with Gasteiger partial charge in [-0.1, -0.05) is 35.3 Å². The molecule has 1 atom stereocenters. The van der Waals surface area contributed by atoms with Crippen LogP contribution in [0.3, 0.4) is 0 Å². The number of rotatable bonds is 3. The molecule has 178 valence electrons. The van der Waals surface area contributed by atoms with E-state index in [9.17, 15) is 22.8 Å². The molecule has 0 aliphatic carbocycles. The van der Waals surface area contributed by atoms with Gasteiger partial charge in [-0.25, -0.2) is 4.79 Å². The van der Waals surface area contributed by atoms with Gasteiger partial charge in [0.2, 0.25) is 0 Å². The summed E-state index contributed by atoms with van der Waals surface area (Å²) in [5.41, 5.74) is -1.06. The Labute approximate surface area is 201 Å². The summed E-state index contributed by atoms with van der Waals surface area (Å²) in [7, 11) is 1.45. The van der Waals surface area contributed by atoms with Gasteiger partial charge >= 0.3 is 11.9 Å². The molecule has 0 spiro atoms. The first-order chi connectivity index (χ1) is 16.0. The Kier molecular flexibility index (Phi) is 6.60. The molecule has 1 aliphatic rings. The van der Waals surface area contributed by atoms with Crippen LogP contribution >= 0.6 is 23.2 Å². The van der Waals surface area contributed by atoms with E-state index in [1.54, 1.807) is 12.1 Å². The predicted octanol–water partition coefficient (Wildman–Crippen LogP) is 5.31. The van der Waals surface area contributed by atoms with Crippen LogP contribution in [0.1, 0.15) is 23.1 Å². The first-order valence-electron chi connectivity index (χ1n) is 10.2. The number of ether oxygens (including phenoxy) is 1. The summed E-state index contributed by atoms with van der Waals surface area (Å²) in [6.07, 6.45) is -3.54. The normalized spacial score (nSPS) is 15.9. The highest BCUT2D eigenvalue weighted by molar-refractivity contribution is 6.31. The number of nitrogens with one attached hydrogen (secondary N) is 1. The summed E-state index contributed by atoms with van der Waals surface area (Å²) in [4.78, 5) is 31.3. The molecule has 1 N–H and O–H groups in total. The molecule has 0 fully saturated rings. The number of aliphatic imine (C=N–C) groups is 1. The molecular formula is C23H18Cl2F3N3O3. The van der Waals surface area contributed by atoms with E-state index in [4.69, 9.17) is 27.9 Å². The average molecular weight is 512 g/mol. The van der Waals surface area contributed by atoms with Crippen molar-refractivity contribution in [3.05, 3.63) is 90.0 Å². The number of hydrogen-bond acceptors (Lipinski definition) is 4. The molecular weight excluding hydrogens is 494 g/mol. The highest BCUT2D eigenvalue weighted by Gasteiger charge is 2.34. The van der Waals surface area contributed by atoms with Crippen molar-refractivity contribution in [2.75, 3.05) is 0 Å². The SMILES string of the molecule is Cn1c2c(c(=O)[nH]c1=O)CCC(Cc1ccc(Cl)cc1)C(Oc1ccc(Cl)c(C(F)(F)F)c1)=N2. The van der Waals surface area contributed by atoms with Crippen molar-refractivity contribution in [2.45, 2.75) is 25.4 Å². The highest BCUT2D eigenvalue weighted by Crippen LogP contribution is 2.37. The lowest BCUT2D eigenvalue weighted by atomic mass is 9.93. The number of H-pyrrole nitrogens is 1. The Morgan fingerprint density at radius 3 is 2.53 bits per heavy atom. The van der Waals surface area contributed by atoms with Gasteiger partial charge in [0.25, 0.3) is 5.56 Å². The topological polar surface area (TPSA) is 76.5 Å². The molecule has 0 bridgehead atoms. The number of aromatic amines is 1. The van der Waals surface area contributed by atoms with Crippen LogP contribution in [0.15, 0.2) is 57.0 Å². The fourth-order valence-corrected chi connectivity index (χ4v) is 4.12. The van der Waals surface area contributed by atoms with Gasteiger partial charge in [-0.05, 0) is 55.2 Å². The lowest BCUT2D eigenvalue weighted by molar-refractivity contribution is -0.137. The second-order valence-electron chi connectivity index (χ2n) is 7.88. The summed E-state index contributed by atoms with van der Waals surface area (Å²) in [5, 5.41) is 0.101. The maximum absolute atomic E-state index is 13.4. The quantitative estimate of drug-likeness (QED) is 0.517. The third kappa shape index (κ3) is 5.05. The summed E-state index contributed by atoms with van der Waals surface area (Å²) in [5.74, 6) is -0.319. The molecule has 11 heteroatoms. The van der Waals surface area contributed by atoms with E-state index >= 15 is 0 Å². The average Bonchev–Trinajstić information content (AvgIpc) is 2.94. The maximum atomic E-state index is 13.4. The lowest BCUT2D eigenvalue weighted by Gasteiger charge is -2.19. The van der Waals surface area contributed by atoms with Crippen molar-refractivity contribution in [2.24, 2.45) is 18.0 Å². The van der Waals surface area contributed by atoms with E-state index in [-0.39, 0.29) is 17.5 Å². The van der Waals surface area contributed by atoms with E-state index in [0.717, 1.165) is 17.7 Å². The second-order valence-corrected chi connectivity index (χ2v) is 8.72. The van der Waals surface area contributed by atoms with Crippen LogP contribution in [-0.2, 0) is 26.1 Å². The Bertz CT molecular complexity index is 1380. The van der Waals surface area contributed by atoms with Crippen molar-refractivity contribution >= 4 is 34.9 Å². The molecule has 1 aliphatic heterocycles. The van der Waals surface area contributed by atoms with Gasteiger partial charge in [-0.15, -0.1) is 0 Å². The van der Waals surface area contributed by atoms with Gasteiger partial charge in [-0.2, -0.15) is 18.2 Å². The largest absolute Gasteiger partial charge is 0.443 e. The molecule has 0 saturated carbocycles. The Hall–Kier alpha value is -3.04. The number of hydrogen-bond donors (Lipinski definition) is 1. The fraction of sp³-hybridized carbons (Fsp3) is 0.261. The van der Waals surface area contributed by atoms with Crippen LogP contribution < -0.4 is 16.0 Å². The number of benzene rings is 2. The van der Waals surface area contributed by atoms with Crippen molar-refractivity contribution in [1.29, 1.82) is 0 Å². The number of aromatic nitrogens is 2. The van der Waals surface area contributed by atoms with Gasteiger partial charge in [0.05, 0.1) is 16.1 Å². The molecule has 2 heterocycles. The van der Waals surface area contributed by atoms with Crippen molar-refractivity contribution in [3.63, 3.8) is 0 Å². The maximum Gasteiger partial charge on any atom is 0.417 e. The standard InChI is InChI=1S/C23H18Cl2F3N3O3/c1-31-19-16(20(32)30-22(31)33)8-4-13(10-12-2-5-14(24)6-3-12)21(29-19)34-15-7-9-18(25)17(11-15)23(26,27)28/h2-3,5-7,9,11,13H,4,8,10H2,1H3,(H,30,32,33). The van der Waals surface area contributed by atoms with Gasteiger partial charge in [0, 0.05) is 18.0 Å². The van der Waals surface area contributed by atoms with Crippen LogP contribution in [0.5, 0.6) is 5.75 Å². The Morgan fingerprint density at radius 1 is 1.15 bits per heavy atom. The molecule has 0 saturated heterocycles. The van der Waals surface area contributed by atoms with Crippen molar-refractivity contribution in [1.82, 2.24) is 9.55 Å². The number of alkyl halides is 3. The highest BCUT2D eigenvalue weighted by atomic mass is 35.5. The molecule has 0 radical (unpaired) electrons. The minimum atomic E-state index is -4.67. The minimum Gasteiger partial charge on any atom is -0.443 e. The zero-order chi connectivity index (χ0) is 24.6. The molecule has 3 aromatic rings. The van der Waals surface area contributed by atoms with Crippen LogP contribution in [-0.4, -0.2) is 15.4 Å². The first kappa shape index (κ1) is 24.1. The van der Waals surface area contributed by atoms with E-state index in [0.29, 0.717) is 29.8 Å². The van der Waals surface area contributed by atoms with Crippen LogP contribution in [0, 0.1) is 5.92 Å². The van der Waals surface area contributed by atoms with Crippen LogP contribution in [0.2, 0.25) is 10.0 Å². The summed E-state index contributed by atoms with van der Waals surface area (Å²) >= 11 is 11.7. The van der Waals surface area contributed by atoms with Crippen LogP contribution in [0.4, 0.5) is 19.0 Å². The molecule has 34 heavy (non-hydrogen) atoms. The summed E-state index contributed by atoms with van der Waals surface area (Å²) in [6.45, 7) is 0. The van der Waals surface area contributed by atoms with Gasteiger partial charge in [-0.3, -0.25) is 14.3 Å². The zero-order valence-corrected chi connectivity index (χ0v) is 19.3. The lowest BCUT2D eigenvalue weighted by Crippen LogP contribution is -2.30. The number of halogens is 5. The molecule has 6 nitrogen and oxygen atoms in total. The molecule has 0 amide bonds.